The van der Waals surface area contributed by atoms with Gasteiger partial charge in [0.15, 0.2) is 4.90 Å². The number of benzene rings is 1. The predicted molar refractivity (Wildman–Crippen MR) is 103 cm³/mol. The number of carbonyl (C=O) groups excluding carboxylic acids is 1. The van der Waals surface area contributed by atoms with Crippen LogP contribution in [0.3, 0.4) is 0 Å². The normalized spacial score (nSPS) is 11.8. The summed E-state index contributed by atoms with van der Waals surface area (Å²) in [5.41, 5.74) is -1.52. The standard InChI is InChI=1S/C16H22ClN3O8S/c1-10-7-11(17)8-12(20(24)25)14(10)29(26,27)18-5-6-19(9-13(21)22)15(23)28-16(2,3)4/h7-8,18H,5-6,9H2,1-4H3,(H,21,22). The maximum Gasteiger partial charge on any atom is 0.410 e. The number of carboxylic acid groups (broad SMARTS) is 1. The van der Waals surface area contributed by atoms with Gasteiger partial charge in [-0.15, -0.1) is 0 Å². The first-order chi connectivity index (χ1) is 13.1. The van der Waals surface area contributed by atoms with Crippen LogP contribution in [-0.2, 0) is 19.6 Å². The Kier molecular flexibility index (Phi) is 7.95. The van der Waals surface area contributed by atoms with Crippen molar-refractivity contribution in [3.05, 3.63) is 32.8 Å². The number of hydrogen-bond donors (Lipinski definition) is 2. The van der Waals surface area contributed by atoms with Crippen molar-refractivity contribution in [2.75, 3.05) is 19.6 Å². The van der Waals surface area contributed by atoms with Gasteiger partial charge in [-0.25, -0.2) is 17.9 Å². The molecule has 0 atom stereocenters. The molecule has 11 nitrogen and oxygen atoms in total. The molecule has 1 aromatic carbocycles. The quantitative estimate of drug-likeness (QED) is 0.449. The average Bonchev–Trinajstić information content (AvgIpc) is 2.50. The molecule has 1 amide bonds. The van der Waals surface area contributed by atoms with Gasteiger partial charge in [0, 0.05) is 24.2 Å². The van der Waals surface area contributed by atoms with Crippen molar-refractivity contribution in [2.45, 2.75) is 38.2 Å². The molecule has 29 heavy (non-hydrogen) atoms. The minimum Gasteiger partial charge on any atom is -0.480 e. The molecule has 0 aliphatic heterocycles. The fraction of sp³-hybridized carbons (Fsp3) is 0.500. The van der Waals surface area contributed by atoms with Gasteiger partial charge in [-0.3, -0.25) is 19.8 Å². The molecule has 0 bridgehead atoms. The van der Waals surface area contributed by atoms with Crippen LogP contribution in [0.2, 0.25) is 5.02 Å². The largest absolute Gasteiger partial charge is 0.480 e. The van der Waals surface area contributed by atoms with Crippen LogP contribution in [0.1, 0.15) is 26.3 Å². The Balaban J connectivity index is 3.02. The lowest BCUT2D eigenvalue weighted by Crippen LogP contribution is -2.43. The minimum absolute atomic E-state index is 0.00529. The number of aryl methyl sites for hydroxylation is 1. The van der Waals surface area contributed by atoms with E-state index in [9.17, 15) is 28.1 Å². The summed E-state index contributed by atoms with van der Waals surface area (Å²) in [5.74, 6) is -1.32. The molecule has 0 spiro atoms. The van der Waals surface area contributed by atoms with E-state index in [1.54, 1.807) is 20.8 Å². The van der Waals surface area contributed by atoms with Crippen LogP contribution in [0, 0.1) is 17.0 Å². The number of nitrogens with zero attached hydrogens (tertiary/aromatic N) is 2. The summed E-state index contributed by atoms with van der Waals surface area (Å²) >= 11 is 5.76. The molecule has 0 unspecified atom stereocenters. The highest BCUT2D eigenvalue weighted by Gasteiger charge is 2.29. The van der Waals surface area contributed by atoms with Gasteiger partial charge >= 0.3 is 12.1 Å². The van der Waals surface area contributed by atoms with E-state index in [-0.39, 0.29) is 17.1 Å². The number of hydrogen-bond acceptors (Lipinski definition) is 7. The first kappa shape index (κ1) is 24.6. The highest BCUT2D eigenvalue weighted by molar-refractivity contribution is 7.89. The number of halogens is 1. The smallest absolute Gasteiger partial charge is 0.410 e. The van der Waals surface area contributed by atoms with Gasteiger partial charge < -0.3 is 9.84 Å². The second kappa shape index (κ2) is 9.37. The number of rotatable bonds is 8. The van der Waals surface area contributed by atoms with Crippen molar-refractivity contribution >= 4 is 39.4 Å². The molecule has 1 rings (SSSR count). The Morgan fingerprint density at radius 3 is 2.41 bits per heavy atom. The fourth-order valence-corrected chi connectivity index (χ4v) is 3.97. The van der Waals surface area contributed by atoms with E-state index >= 15 is 0 Å². The molecule has 0 aliphatic rings. The summed E-state index contributed by atoms with van der Waals surface area (Å²) in [6, 6.07) is 2.18. The molecule has 0 fully saturated rings. The molecule has 2 N–H and O–H groups in total. The fourth-order valence-electron chi connectivity index (χ4n) is 2.31. The highest BCUT2D eigenvalue weighted by Crippen LogP contribution is 2.30. The lowest BCUT2D eigenvalue weighted by atomic mass is 10.2. The molecule has 0 heterocycles. The number of aliphatic carboxylic acids is 1. The summed E-state index contributed by atoms with van der Waals surface area (Å²) < 4.78 is 32.4. The van der Waals surface area contributed by atoms with Crippen LogP contribution in [0.25, 0.3) is 0 Å². The lowest BCUT2D eigenvalue weighted by molar-refractivity contribution is -0.387. The first-order valence-electron chi connectivity index (χ1n) is 8.28. The molecule has 0 radical (unpaired) electrons. The van der Waals surface area contributed by atoms with Gasteiger partial charge in [0.25, 0.3) is 5.69 Å². The van der Waals surface area contributed by atoms with E-state index < -0.39 is 56.3 Å². The molecular weight excluding hydrogens is 430 g/mol. The number of nitrogens with one attached hydrogen (secondary N) is 1. The van der Waals surface area contributed by atoms with Gasteiger partial charge in [-0.1, -0.05) is 11.6 Å². The van der Waals surface area contributed by atoms with Crippen LogP contribution < -0.4 is 4.72 Å². The van der Waals surface area contributed by atoms with Crippen LogP contribution in [0.5, 0.6) is 0 Å². The predicted octanol–water partition coefficient (Wildman–Crippen LogP) is 2.16. The topological polar surface area (TPSA) is 156 Å². The van der Waals surface area contributed by atoms with Crippen LogP contribution in [0.4, 0.5) is 10.5 Å². The molecule has 0 saturated carbocycles. The lowest BCUT2D eigenvalue weighted by Gasteiger charge is -2.26. The van der Waals surface area contributed by atoms with Gasteiger partial charge in [-0.2, -0.15) is 0 Å². The zero-order valence-corrected chi connectivity index (χ0v) is 17.8. The van der Waals surface area contributed by atoms with E-state index in [0.29, 0.717) is 0 Å². The molecule has 13 heteroatoms. The second-order valence-electron chi connectivity index (χ2n) is 7.02. The number of sulfonamides is 1. The molecular formula is C16H22ClN3O8S. The van der Waals surface area contributed by atoms with E-state index in [2.05, 4.69) is 4.72 Å². The van der Waals surface area contributed by atoms with Crippen LogP contribution in [0.15, 0.2) is 17.0 Å². The highest BCUT2D eigenvalue weighted by atomic mass is 35.5. The monoisotopic (exact) mass is 451 g/mol. The average molecular weight is 452 g/mol. The molecule has 1 aromatic rings. The van der Waals surface area contributed by atoms with Crippen molar-refractivity contribution in [2.24, 2.45) is 0 Å². The van der Waals surface area contributed by atoms with Crippen molar-refractivity contribution in [1.82, 2.24) is 9.62 Å². The number of ether oxygens (including phenoxy) is 1. The summed E-state index contributed by atoms with van der Waals surface area (Å²) in [5, 5.41) is 20.2. The Morgan fingerprint density at radius 1 is 1.34 bits per heavy atom. The van der Waals surface area contributed by atoms with Gasteiger partial charge in [0.1, 0.15) is 12.1 Å². The van der Waals surface area contributed by atoms with E-state index in [1.165, 1.54) is 13.0 Å². The number of nitro groups is 1. The van der Waals surface area contributed by atoms with Crippen molar-refractivity contribution in [3.8, 4) is 0 Å². The van der Waals surface area contributed by atoms with E-state index in [1.807, 2.05) is 0 Å². The van der Waals surface area contributed by atoms with Crippen LogP contribution >= 0.6 is 11.6 Å². The summed E-state index contributed by atoms with van der Waals surface area (Å²) in [7, 11) is -4.34. The number of carbonyl (C=O) groups is 2. The SMILES string of the molecule is Cc1cc(Cl)cc([N+](=O)[O-])c1S(=O)(=O)NCCN(CC(=O)O)C(=O)OC(C)(C)C. The zero-order chi connectivity index (χ0) is 22.6. The Morgan fingerprint density at radius 2 is 1.93 bits per heavy atom. The number of amides is 1. The van der Waals surface area contributed by atoms with Gasteiger partial charge in [0.05, 0.1) is 4.92 Å². The maximum absolute atomic E-state index is 12.6. The van der Waals surface area contributed by atoms with E-state index in [0.717, 1.165) is 11.0 Å². The Bertz CT molecular complexity index is 911. The van der Waals surface area contributed by atoms with Crippen molar-refractivity contribution in [1.29, 1.82) is 0 Å². The summed E-state index contributed by atoms with van der Waals surface area (Å²) in [6.07, 6.45) is -0.937. The second-order valence-corrected chi connectivity index (χ2v) is 9.16. The van der Waals surface area contributed by atoms with Crippen molar-refractivity contribution < 1.29 is 32.8 Å². The van der Waals surface area contributed by atoms with E-state index in [4.69, 9.17) is 21.4 Å². The number of nitro benzene ring substituents is 1. The third-order valence-corrected chi connectivity index (χ3v) is 5.21. The van der Waals surface area contributed by atoms with Crippen LogP contribution in [-0.4, -0.2) is 60.6 Å². The molecule has 0 aliphatic carbocycles. The molecule has 0 saturated heterocycles. The third kappa shape index (κ3) is 7.48. The minimum atomic E-state index is -4.34. The Labute approximate surface area is 172 Å². The first-order valence-corrected chi connectivity index (χ1v) is 10.1. The third-order valence-electron chi connectivity index (χ3n) is 3.34. The molecule has 0 aromatic heterocycles. The van der Waals surface area contributed by atoms with Gasteiger partial charge in [-0.05, 0) is 39.3 Å². The summed E-state index contributed by atoms with van der Waals surface area (Å²) in [6.45, 7) is 4.69. The molecule has 162 valence electrons. The summed E-state index contributed by atoms with van der Waals surface area (Å²) in [4.78, 5) is 33.7. The van der Waals surface area contributed by atoms with Gasteiger partial charge in [0.2, 0.25) is 10.0 Å². The van der Waals surface area contributed by atoms with Crippen molar-refractivity contribution in [3.63, 3.8) is 0 Å². The Hall–Kier alpha value is -2.44. The number of carboxylic acids is 1. The zero-order valence-electron chi connectivity index (χ0n) is 16.3. The maximum atomic E-state index is 12.6.